The number of unbranched alkanes of at least 4 members (excludes halogenated alkanes) is 20. The number of carboxylic acid groups (broad SMARTS) is 1. The molecule has 9 nitrogen and oxygen atoms in total. The van der Waals surface area contributed by atoms with Gasteiger partial charge in [0.25, 0.3) is 0 Å². The summed E-state index contributed by atoms with van der Waals surface area (Å²) in [5.41, 5.74) is -2.00. The maximum Gasteiger partial charge on any atom is 0.435 e. The van der Waals surface area contributed by atoms with Gasteiger partial charge in [-0.1, -0.05) is 142 Å². The van der Waals surface area contributed by atoms with Crippen molar-refractivity contribution in [1.82, 2.24) is 0 Å². The number of esters is 2. The average molecular weight is 621 g/mol. The molecule has 0 aromatic rings. The van der Waals surface area contributed by atoms with Gasteiger partial charge in [0.2, 0.25) is 0 Å². The molecule has 42 heavy (non-hydrogen) atoms. The summed E-state index contributed by atoms with van der Waals surface area (Å²) in [6.07, 6.45) is 24.7. The monoisotopic (exact) mass is 620 g/mol. The van der Waals surface area contributed by atoms with Crippen LogP contribution in [-0.2, 0) is 28.2 Å². The van der Waals surface area contributed by atoms with Gasteiger partial charge in [0.05, 0.1) is 6.61 Å². The standard InChI is InChI=1S/C32H61O9P/c1-3-5-7-9-11-13-15-17-19-21-23-25-30(33)39-27-29(28-40-42(37,38)32(35)36)41-31(34)26-24-22-20-18-16-14-12-10-8-6-4-2/h29H,3-28H2,1-2H3,(H,35,36)(H,37,38)/t29-/m1/s1. The first-order valence-electron chi connectivity index (χ1n) is 16.8. The second-order valence-electron chi connectivity index (χ2n) is 11.5. The molecule has 10 heteroatoms. The van der Waals surface area contributed by atoms with Crippen LogP contribution >= 0.6 is 7.60 Å². The van der Waals surface area contributed by atoms with Crippen molar-refractivity contribution in [3.8, 4) is 0 Å². The summed E-state index contributed by atoms with van der Waals surface area (Å²) in [5.74, 6) is -0.994. The third-order valence-corrected chi connectivity index (χ3v) is 8.36. The van der Waals surface area contributed by atoms with Crippen LogP contribution in [0.4, 0.5) is 4.79 Å². The lowest BCUT2D eigenvalue weighted by molar-refractivity contribution is -0.161. The van der Waals surface area contributed by atoms with Crippen LogP contribution in [-0.4, -0.2) is 47.0 Å². The highest BCUT2D eigenvalue weighted by Crippen LogP contribution is 2.42. The van der Waals surface area contributed by atoms with Gasteiger partial charge in [-0.3, -0.25) is 14.1 Å². The molecule has 0 rings (SSSR count). The molecule has 0 saturated heterocycles. The largest absolute Gasteiger partial charge is 0.472 e. The third kappa shape index (κ3) is 26.2. The van der Waals surface area contributed by atoms with Gasteiger partial charge < -0.3 is 19.5 Å². The van der Waals surface area contributed by atoms with Crippen LogP contribution in [0.3, 0.4) is 0 Å². The maximum atomic E-state index is 12.3. The highest BCUT2D eigenvalue weighted by atomic mass is 31.2. The molecule has 2 atom stereocenters. The van der Waals surface area contributed by atoms with Gasteiger partial charge >= 0.3 is 25.2 Å². The van der Waals surface area contributed by atoms with Gasteiger partial charge in [-0.15, -0.1) is 0 Å². The zero-order chi connectivity index (χ0) is 31.3. The van der Waals surface area contributed by atoms with E-state index < -0.39 is 38.0 Å². The minimum absolute atomic E-state index is 0.163. The predicted molar refractivity (Wildman–Crippen MR) is 167 cm³/mol. The van der Waals surface area contributed by atoms with Gasteiger partial charge in [-0.05, 0) is 12.8 Å². The first kappa shape index (κ1) is 40.6. The van der Waals surface area contributed by atoms with E-state index in [0.29, 0.717) is 12.8 Å². The van der Waals surface area contributed by atoms with Gasteiger partial charge in [0, 0.05) is 12.8 Å². The van der Waals surface area contributed by atoms with E-state index in [4.69, 9.17) is 14.6 Å². The highest BCUT2D eigenvalue weighted by molar-refractivity contribution is 7.70. The van der Waals surface area contributed by atoms with Gasteiger partial charge in [0.15, 0.2) is 6.10 Å². The zero-order valence-corrected chi connectivity index (χ0v) is 27.6. The Morgan fingerprint density at radius 2 is 0.929 bits per heavy atom. The SMILES string of the molecule is CCCCCCCCCCCCCC(=O)OC[C@H](COP(=O)(O)C(=O)O)OC(=O)CCCCCCCCCCCCC. The van der Waals surface area contributed by atoms with Crippen LogP contribution in [0.15, 0.2) is 0 Å². The van der Waals surface area contributed by atoms with E-state index in [2.05, 4.69) is 18.4 Å². The maximum absolute atomic E-state index is 12.3. The van der Waals surface area contributed by atoms with Crippen molar-refractivity contribution >= 4 is 25.2 Å². The summed E-state index contributed by atoms with van der Waals surface area (Å²) < 4.78 is 26.8. The van der Waals surface area contributed by atoms with E-state index in [1.165, 1.54) is 89.9 Å². The van der Waals surface area contributed by atoms with Crippen LogP contribution < -0.4 is 0 Å². The molecule has 0 heterocycles. The molecule has 0 aromatic heterocycles. The summed E-state index contributed by atoms with van der Waals surface area (Å²) in [5, 5.41) is 8.82. The molecule has 0 bridgehead atoms. The van der Waals surface area contributed by atoms with Crippen LogP contribution in [0.1, 0.15) is 168 Å². The Bertz CT molecular complexity index is 729. The second kappa shape index (κ2) is 28.3. The minimum Gasteiger partial charge on any atom is -0.472 e. The summed E-state index contributed by atoms with van der Waals surface area (Å²) in [4.78, 5) is 44.8. The Hall–Kier alpha value is -1.44. The van der Waals surface area contributed by atoms with Crippen LogP contribution in [0.5, 0.6) is 0 Å². The van der Waals surface area contributed by atoms with Crippen molar-refractivity contribution < 1.29 is 42.9 Å². The molecular formula is C32H61O9P. The molecule has 0 aliphatic rings. The Morgan fingerprint density at radius 1 is 0.571 bits per heavy atom. The van der Waals surface area contributed by atoms with Crippen molar-refractivity contribution in [2.75, 3.05) is 13.2 Å². The Labute approximate surface area is 255 Å². The molecule has 1 unspecified atom stereocenters. The van der Waals surface area contributed by atoms with E-state index in [1.54, 1.807) is 0 Å². The predicted octanol–water partition coefficient (Wildman–Crippen LogP) is 9.72. The number of carbonyl (C=O) groups excluding carboxylic acids is 2. The molecular weight excluding hydrogens is 559 g/mol. The smallest absolute Gasteiger partial charge is 0.435 e. The molecule has 2 N–H and O–H groups in total. The van der Waals surface area contributed by atoms with Crippen LogP contribution in [0.2, 0.25) is 0 Å². The summed E-state index contributed by atoms with van der Waals surface area (Å²) >= 11 is 0. The normalized spacial score (nSPS) is 13.4. The average Bonchev–Trinajstić information content (AvgIpc) is 2.96. The van der Waals surface area contributed by atoms with Crippen molar-refractivity contribution in [1.29, 1.82) is 0 Å². The Kier molecular flexibility index (Phi) is 27.4. The van der Waals surface area contributed by atoms with Crippen molar-refractivity contribution in [2.24, 2.45) is 0 Å². The summed E-state index contributed by atoms with van der Waals surface area (Å²) in [6, 6.07) is 0. The van der Waals surface area contributed by atoms with E-state index in [1.807, 2.05) is 0 Å². The lowest BCUT2D eigenvalue weighted by Gasteiger charge is -2.19. The lowest BCUT2D eigenvalue weighted by atomic mass is 10.1. The van der Waals surface area contributed by atoms with Crippen molar-refractivity contribution in [3.63, 3.8) is 0 Å². The molecule has 0 radical (unpaired) electrons. The molecule has 0 fully saturated rings. The molecule has 0 saturated carbocycles. The third-order valence-electron chi connectivity index (χ3n) is 7.37. The minimum atomic E-state index is -4.91. The van der Waals surface area contributed by atoms with E-state index >= 15 is 0 Å². The number of hydrogen-bond acceptors (Lipinski definition) is 7. The van der Waals surface area contributed by atoms with Crippen LogP contribution in [0, 0.1) is 0 Å². The quantitative estimate of drug-likeness (QED) is 0.0441. The highest BCUT2D eigenvalue weighted by Gasteiger charge is 2.32. The van der Waals surface area contributed by atoms with Gasteiger partial charge in [0.1, 0.15) is 6.61 Å². The van der Waals surface area contributed by atoms with Crippen LogP contribution in [0.25, 0.3) is 0 Å². The first-order valence-corrected chi connectivity index (χ1v) is 18.4. The fourth-order valence-electron chi connectivity index (χ4n) is 4.73. The number of ether oxygens (including phenoxy) is 2. The molecule has 0 aromatic carbocycles. The number of rotatable bonds is 31. The number of hydrogen-bond donors (Lipinski definition) is 2. The number of carbonyl (C=O) groups is 3. The van der Waals surface area contributed by atoms with Gasteiger partial charge in [-0.25, -0.2) is 9.36 Å². The van der Waals surface area contributed by atoms with Crippen molar-refractivity contribution in [2.45, 2.75) is 174 Å². The van der Waals surface area contributed by atoms with E-state index in [-0.39, 0.29) is 19.4 Å². The molecule has 0 aliphatic carbocycles. The molecule has 0 spiro atoms. The van der Waals surface area contributed by atoms with Gasteiger partial charge in [-0.2, -0.15) is 0 Å². The Balaban J connectivity index is 4.21. The van der Waals surface area contributed by atoms with E-state index in [9.17, 15) is 23.8 Å². The fraction of sp³-hybridized carbons (Fsp3) is 0.906. The summed E-state index contributed by atoms with van der Waals surface area (Å²) in [7, 11) is -4.91. The topological polar surface area (TPSA) is 136 Å². The molecule has 248 valence electrons. The Morgan fingerprint density at radius 3 is 1.31 bits per heavy atom. The first-order chi connectivity index (χ1) is 20.2. The van der Waals surface area contributed by atoms with E-state index in [0.717, 1.165) is 38.5 Å². The summed E-state index contributed by atoms with van der Waals surface area (Å²) in [6.45, 7) is 3.42. The molecule has 0 aliphatic heterocycles. The molecule has 0 amide bonds. The zero-order valence-electron chi connectivity index (χ0n) is 26.7. The lowest BCUT2D eigenvalue weighted by Crippen LogP contribution is -2.29. The fourth-order valence-corrected chi connectivity index (χ4v) is 5.20. The second-order valence-corrected chi connectivity index (χ2v) is 13.1. The van der Waals surface area contributed by atoms with Crippen molar-refractivity contribution in [3.05, 3.63) is 0 Å².